The summed E-state index contributed by atoms with van der Waals surface area (Å²) in [6.07, 6.45) is 3.62. The maximum absolute atomic E-state index is 12.3. The highest BCUT2D eigenvalue weighted by atomic mass is 32.2. The van der Waals surface area contributed by atoms with Crippen molar-refractivity contribution in [1.82, 2.24) is 14.1 Å². The first kappa shape index (κ1) is 14.2. The molecule has 6 nitrogen and oxygen atoms in total. The summed E-state index contributed by atoms with van der Waals surface area (Å²) in [5.74, 6) is 1.08. The number of hydrogen-bond acceptors (Lipinski definition) is 5. The fourth-order valence-corrected chi connectivity index (χ4v) is 3.50. The molecule has 0 saturated carbocycles. The van der Waals surface area contributed by atoms with E-state index in [9.17, 15) is 8.42 Å². The first-order valence-corrected chi connectivity index (χ1v) is 8.61. The summed E-state index contributed by atoms with van der Waals surface area (Å²) in [6, 6.07) is 5.36. The Hall–Kier alpha value is -1.25. The molecule has 0 spiro atoms. The molecule has 2 N–H and O–H groups in total. The van der Waals surface area contributed by atoms with E-state index in [0.717, 1.165) is 5.75 Å². The molecule has 2 aromatic heterocycles. The smallest absolute Gasteiger partial charge is 0.260 e. The summed E-state index contributed by atoms with van der Waals surface area (Å²) in [5, 5.41) is 2.97. The van der Waals surface area contributed by atoms with Crippen LogP contribution in [0.2, 0.25) is 0 Å². The maximum atomic E-state index is 12.3. The van der Waals surface area contributed by atoms with Crippen molar-refractivity contribution >= 4 is 33.3 Å². The van der Waals surface area contributed by atoms with Gasteiger partial charge in [0.25, 0.3) is 10.0 Å². The van der Waals surface area contributed by atoms with E-state index in [1.165, 1.54) is 0 Å². The van der Waals surface area contributed by atoms with Crippen molar-refractivity contribution in [2.24, 2.45) is 0 Å². The molecule has 2 heterocycles. The number of pyridine rings is 1. The second-order valence-electron chi connectivity index (χ2n) is 3.83. The molecule has 0 aliphatic heterocycles. The van der Waals surface area contributed by atoms with Crippen LogP contribution in [0, 0.1) is 0 Å². The van der Waals surface area contributed by atoms with Crippen LogP contribution < -0.4 is 10.0 Å². The average Bonchev–Trinajstić information content (AvgIpc) is 2.78. The number of aromatic nitrogens is 2. The van der Waals surface area contributed by atoms with Crippen molar-refractivity contribution in [2.45, 2.75) is 5.03 Å². The molecule has 19 heavy (non-hydrogen) atoms. The van der Waals surface area contributed by atoms with Gasteiger partial charge in [0.05, 0.1) is 0 Å². The lowest BCUT2D eigenvalue weighted by Gasteiger charge is -2.07. The SMILES string of the molecule is CNc1nc2ccccn2c1S(=O)(=O)NCCSC. The average molecular weight is 300 g/mol. The summed E-state index contributed by atoms with van der Waals surface area (Å²) in [4.78, 5) is 4.25. The van der Waals surface area contributed by atoms with E-state index in [1.807, 2.05) is 12.3 Å². The Labute approximate surface area is 116 Å². The van der Waals surface area contributed by atoms with E-state index in [-0.39, 0.29) is 5.03 Å². The number of imidazole rings is 1. The van der Waals surface area contributed by atoms with Crippen LogP contribution in [0.4, 0.5) is 5.82 Å². The summed E-state index contributed by atoms with van der Waals surface area (Å²) in [7, 11) is -1.93. The van der Waals surface area contributed by atoms with Crippen molar-refractivity contribution < 1.29 is 8.42 Å². The fraction of sp³-hybridized carbons (Fsp3) is 0.364. The Morgan fingerprint density at radius 2 is 2.21 bits per heavy atom. The molecule has 2 aromatic rings. The molecule has 8 heteroatoms. The van der Waals surface area contributed by atoms with E-state index in [2.05, 4.69) is 15.0 Å². The molecule has 0 aliphatic rings. The third-order valence-corrected chi connectivity index (χ3v) is 4.67. The van der Waals surface area contributed by atoms with E-state index in [0.29, 0.717) is 18.0 Å². The van der Waals surface area contributed by atoms with Crippen molar-refractivity contribution in [3.63, 3.8) is 0 Å². The van der Waals surface area contributed by atoms with Crippen LogP contribution in [0.25, 0.3) is 5.65 Å². The van der Waals surface area contributed by atoms with E-state index < -0.39 is 10.0 Å². The molecule has 0 aliphatic carbocycles. The van der Waals surface area contributed by atoms with Gasteiger partial charge in [-0.3, -0.25) is 4.40 Å². The molecule has 2 rings (SSSR count). The standard InChI is InChI=1S/C11H16N4O2S2/c1-12-10-11(19(16,17)13-6-8-18-2)15-7-4-3-5-9(15)14-10/h3-5,7,12-13H,6,8H2,1-2H3. The molecule has 0 bridgehead atoms. The number of anilines is 1. The zero-order chi connectivity index (χ0) is 13.9. The highest BCUT2D eigenvalue weighted by Crippen LogP contribution is 2.21. The number of sulfonamides is 1. The molecule has 0 fully saturated rings. The number of hydrogen-bond donors (Lipinski definition) is 2. The Bertz CT molecular complexity index is 666. The van der Waals surface area contributed by atoms with Crippen LogP contribution >= 0.6 is 11.8 Å². The first-order chi connectivity index (χ1) is 9.10. The molecular formula is C11H16N4O2S2. The molecule has 104 valence electrons. The lowest BCUT2D eigenvalue weighted by Crippen LogP contribution is -2.27. The van der Waals surface area contributed by atoms with Gasteiger partial charge >= 0.3 is 0 Å². The summed E-state index contributed by atoms with van der Waals surface area (Å²) in [5.41, 5.74) is 0.595. The van der Waals surface area contributed by atoms with Crippen LogP contribution in [-0.2, 0) is 10.0 Å². The minimum atomic E-state index is -3.58. The summed E-state index contributed by atoms with van der Waals surface area (Å²) in [6.45, 7) is 0.396. The van der Waals surface area contributed by atoms with Gasteiger partial charge < -0.3 is 5.32 Å². The second kappa shape index (κ2) is 5.81. The van der Waals surface area contributed by atoms with Gasteiger partial charge in [0.15, 0.2) is 10.8 Å². The molecule has 0 amide bonds. The zero-order valence-corrected chi connectivity index (χ0v) is 12.4. The Balaban J connectivity index is 2.48. The van der Waals surface area contributed by atoms with Crippen LogP contribution in [0.1, 0.15) is 0 Å². The molecule has 0 unspecified atom stereocenters. The highest BCUT2D eigenvalue weighted by molar-refractivity contribution is 7.98. The van der Waals surface area contributed by atoms with Crippen molar-refractivity contribution in [3.05, 3.63) is 24.4 Å². The summed E-state index contributed by atoms with van der Waals surface area (Å²) >= 11 is 1.59. The third-order valence-electron chi connectivity index (χ3n) is 2.58. The van der Waals surface area contributed by atoms with Crippen LogP contribution in [0.3, 0.4) is 0 Å². The maximum Gasteiger partial charge on any atom is 0.260 e. The summed E-state index contributed by atoms with van der Waals surface area (Å²) < 4.78 is 28.8. The van der Waals surface area contributed by atoms with Gasteiger partial charge in [-0.05, 0) is 18.4 Å². The molecule has 0 saturated heterocycles. The van der Waals surface area contributed by atoms with Crippen molar-refractivity contribution in [3.8, 4) is 0 Å². The fourth-order valence-electron chi connectivity index (χ4n) is 1.74. The predicted molar refractivity (Wildman–Crippen MR) is 78.3 cm³/mol. The van der Waals surface area contributed by atoms with E-state index in [4.69, 9.17) is 0 Å². The van der Waals surface area contributed by atoms with Crippen molar-refractivity contribution in [2.75, 3.05) is 30.9 Å². The van der Waals surface area contributed by atoms with Gasteiger partial charge in [-0.2, -0.15) is 11.8 Å². The number of fused-ring (bicyclic) bond motifs is 1. The molecule has 0 aromatic carbocycles. The van der Waals surface area contributed by atoms with E-state index in [1.54, 1.807) is 41.5 Å². The minimum absolute atomic E-state index is 0.145. The van der Waals surface area contributed by atoms with Crippen LogP contribution in [0.5, 0.6) is 0 Å². The van der Waals surface area contributed by atoms with Gasteiger partial charge in [-0.1, -0.05) is 6.07 Å². The Morgan fingerprint density at radius 3 is 2.89 bits per heavy atom. The number of rotatable bonds is 6. The van der Waals surface area contributed by atoms with Gasteiger partial charge in [0.1, 0.15) is 5.65 Å². The quantitative estimate of drug-likeness (QED) is 0.779. The Kier molecular flexibility index (Phi) is 4.33. The van der Waals surface area contributed by atoms with E-state index >= 15 is 0 Å². The lowest BCUT2D eigenvalue weighted by atomic mass is 10.5. The number of nitrogens with one attached hydrogen (secondary N) is 2. The zero-order valence-electron chi connectivity index (χ0n) is 10.8. The first-order valence-electron chi connectivity index (χ1n) is 5.73. The third kappa shape index (κ3) is 2.85. The van der Waals surface area contributed by atoms with Crippen LogP contribution in [0.15, 0.2) is 29.4 Å². The lowest BCUT2D eigenvalue weighted by molar-refractivity contribution is 0.579. The van der Waals surface area contributed by atoms with Crippen molar-refractivity contribution in [1.29, 1.82) is 0 Å². The van der Waals surface area contributed by atoms with Gasteiger partial charge in [0, 0.05) is 25.5 Å². The van der Waals surface area contributed by atoms with Gasteiger partial charge in [-0.15, -0.1) is 0 Å². The Morgan fingerprint density at radius 1 is 1.42 bits per heavy atom. The predicted octanol–water partition coefficient (Wildman–Crippen LogP) is 1.02. The molecule has 0 radical (unpaired) electrons. The minimum Gasteiger partial charge on any atom is -0.371 e. The topological polar surface area (TPSA) is 75.5 Å². The molecular weight excluding hydrogens is 284 g/mol. The normalized spacial score (nSPS) is 11.9. The number of thioether (sulfide) groups is 1. The largest absolute Gasteiger partial charge is 0.371 e. The molecule has 0 atom stereocenters. The van der Waals surface area contributed by atoms with Gasteiger partial charge in [-0.25, -0.2) is 18.1 Å². The second-order valence-corrected chi connectivity index (χ2v) is 6.50. The van der Waals surface area contributed by atoms with Crippen LogP contribution in [-0.4, -0.2) is 43.4 Å². The number of nitrogens with zero attached hydrogens (tertiary/aromatic N) is 2. The monoisotopic (exact) mass is 300 g/mol. The highest BCUT2D eigenvalue weighted by Gasteiger charge is 2.24. The van der Waals surface area contributed by atoms with Gasteiger partial charge in [0.2, 0.25) is 0 Å².